The van der Waals surface area contributed by atoms with Crippen molar-refractivity contribution in [3.05, 3.63) is 76.7 Å². The van der Waals surface area contributed by atoms with Gasteiger partial charge in [-0.2, -0.15) is 5.26 Å². The smallest absolute Gasteiger partial charge is 0.266 e. The first-order valence-corrected chi connectivity index (χ1v) is 6.44. The number of pyridine rings is 2. The number of nitrogens with zero attached hydrogens (tertiary/aromatic N) is 2. The molecule has 4 nitrogen and oxygen atoms in total. The van der Waals surface area contributed by atoms with Gasteiger partial charge in [0.25, 0.3) is 5.56 Å². The van der Waals surface area contributed by atoms with Crippen molar-refractivity contribution < 1.29 is 0 Å². The van der Waals surface area contributed by atoms with E-state index in [1.807, 2.05) is 48.5 Å². The second-order valence-electron chi connectivity index (χ2n) is 4.49. The Morgan fingerprint density at radius 2 is 1.81 bits per heavy atom. The van der Waals surface area contributed by atoms with E-state index in [2.05, 4.69) is 9.97 Å². The number of hydrogen-bond acceptors (Lipinski definition) is 3. The minimum Gasteiger partial charge on any atom is -0.319 e. The molecule has 0 fully saturated rings. The number of H-pyrrole nitrogens is 1. The molecule has 100 valence electrons. The van der Waals surface area contributed by atoms with Crippen LogP contribution < -0.4 is 5.56 Å². The number of hydrogen-bond donors (Lipinski definition) is 1. The summed E-state index contributed by atoms with van der Waals surface area (Å²) >= 11 is 0. The van der Waals surface area contributed by atoms with Crippen molar-refractivity contribution in [3.63, 3.8) is 0 Å². The number of benzene rings is 1. The predicted molar refractivity (Wildman–Crippen MR) is 80.4 cm³/mol. The van der Waals surface area contributed by atoms with Gasteiger partial charge in [-0.15, -0.1) is 0 Å². The zero-order valence-corrected chi connectivity index (χ0v) is 11.1. The van der Waals surface area contributed by atoms with Gasteiger partial charge >= 0.3 is 0 Å². The van der Waals surface area contributed by atoms with Crippen molar-refractivity contribution in [1.29, 1.82) is 5.26 Å². The van der Waals surface area contributed by atoms with E-state index in [0.717, 1.165) is 11.1 Å². The van der Waals surface area contributed by atoms with Crippen molar-refractivity contribution in [3.8, 4) is 28.6 Å². The van der Waals surface area contributed by atoms with Crippen LogP contribution in [0, 0.1) is 11.3 Å². The van der Waals surface area contributed by atoms with Gasteiger partial charge in [0.2, 0.25) is 0 Å². The number of aromatic nitrogens is 2. The van der Waals surface area contributed by atoms with E-state index in [0.29, 0.717) is 11.4 Å². The molecule has 0 radical (unpaired) electrons. The Morgan fingerprint density at radius 1 is 1.00 bits per heavy atom. The second-order valence-corrected chi connectivity index (χ2v) is 4.49. The molecule has 4 heteroatoms. The van der Waals surface area contributed by atoms with Gasteiger partial charge in [-0.25, -0.2) is 0 Å². The van der Waals surface area contributed by atoms with Gasteiger partial charge in [-0.3, -0.25) is 9.78 Å². The molecule has 0 aliphatic rings. The molecule has 2 heterocycles. The van der Waals surface area contributed by atoms with Gasteiger partial charge in [0.05, 0.1) is 11.4 Å². The number of rotatable bonds is 2. The average molecular weight is 273 g/mol. The van der Waals surface area contributed by atoms with Crippen molar-refractivity contribution in [2.24, 2.45) is 0 Å². The first-order chi connectivity index (χ1) is 10.3. The maximum Gasteiger partial charge on any atom is 0.266 e. The van der Waals surface area contributed by atoms with Gasteiger partial charge in [-0.1, -0.05) is 36.4 Å². The number of nitrogens with one attached hydrogen (secondary N) is 1. The monoisotopic (exact) mass is 273 g/mol. The van der Waals surface area contributed by atoms with Crippen LogP contribution in [0.3, 0.4) is 0 Å². The molecular weight excluding hydrogens is 262 g/mol. The molecule has 3 aromatic rings. The normalized spacial score (nSPS) is 10.0. The Balaban J connectivity index is 2.19. The Kier molecular flexibility index (Phi) is 3.32. The largest absolute Gasteiger partial charge is 0.319 e. The highest BCUT2D eigenvalue weighted by molar-refractivity contribution is 5.78. The molecule has 2 aromatic heterocycles. The van der Waals surface area contributed by atoms with Crippen LogP contribution in [0.2, 0.25) is 0 Å². The van der Waals surface area contributed by atoms with E-state index in [4.69, 9.17) is 5.26 Å². The number of nitriles is 1. The Labute approximate surface area is 121 Å². The molecule has 0 saturated carbocycles. The van der Waals surface area contributed by atoms with Gasteiger partial charge in [0, 0.05) is 11.8 Å². The predicted octanol–water partition coefficient (Wildman–Crippen LogP) is 2.98. The fourth-order valence-corrected chi connectivity index (χ4v) is 2.17. The first kappa shape index (κ1) is 12.8. The molecule has 0 aliphatic heterocycles. The summed E-state index contributed by atoms with van der Waals surface area (Å²) in [5.74, 6) is 0. The Bertz CT molecular complexity index is 876. The lowest BCUT2D eigenvalue weighted by molar-refractivity contribution is 1.19. The van der Waals surface area contributed by atoms with E-state index in [1.54, 1.807) is 12.3 Å². The molecule has 3 rings (SSSR count). The van der Waals surface area contributed by atoms with E-state index in [9.17, 15) is 4.79 Å². The molecule has 0 atom stereocenters. The fraction of sp³-hybridized carbons (Fsp3) is 0. The van der Waals surface area contributed by atoms with Gasteiger partial charge in [0.1, 0.15) is 11.6 Å². The topological polar surface area (TPSA) is 69.5 Å². The zero-order valence-electron chi connectivity index (χ0n) is 11.1. The third kappa shape index (κ3) is 2.45. The van der Waals surface area contributed by atoms with Gasteiger partial charge < -0.3 is 4.98 Å². The van der Waals surface area contributed by atoms with Crippen LogP contribution in [-0.2, 0) is 0 Å². The van der Waals surface area contributed by atoms with E-state index in [-0.39, 0.29) is 5.56 Å². The third-order valence-corrected chi connectivity index (χ3v) is 3.18. The summed E-state index contributed by atoms with van der Waals surface area (Å²) in [6.45, 7) is 0. The summed E-state index contributed by atoms with van der Waals surface area (Å²) in [4.78, 5) is 18.9. The lowest BCUT2D eigenvalue weighted by Crippen LogP contribution is -2.10. The lowest BCUT2D eigenvalue weighted by atomic mass is 10.0. The van der Waals surface area contributed by atoms with Crippen LogP contribution in [0.5, 0.6) is 0 Å². The van der Waals surface area contributed by atoms with Crippen LogP contribution >= 0.6 is 0 Å². The van der Waals surface area contributed by atoms with Crippen molar-refractivity contribution >= 4 is 0 Å². The SMILES string of the molecule is N#Cc1ccc(-c2ncccc2-c2ccccc2)[nH]c1=O. The van der Waals surface area contributed by atoms with Gasteiger partial charge in [-0.05, 0) is 23.8 Å². The van der Waals surface area contributed by atoms with Gasteiger partial charge in [0.15, 0.2) is 0 Å². The molecule has 0 spiro atoms. The van der Waals surface area contributed by atoms with E-state index < -0.39 is 5.56 Å². The van der Waals surface area contributed by atoms with Crippen LogP contribution in [0.1, 0.15) is 5.56 Å². The van der Waals surface area contributed by atoms with E-state index in [1.165, 1.54) is 6.07 Å². The molecule has 21 heavy (non-hydrogen) atoms. The van der Waals surface area contributed by atoms with Crippen LogP contribution in [0.15, 0.2) is 65.6 Å². The second kappa shape index (κ2) is 5.43. The summed E-state index contributed by atoms with van der Waals surface area (Å²) in [5.41, 5.74) is 2.92. The van der Waals surface area contributed by atoms with Crippen molar-refractivity contribution in [1.82, 2.24) is 9.97 Å². The van der Waals surface area contributed by atoms with Crippen molar-refractivity contribution in [2.45, 2.75) is 0 Å². The minimum absolute atomic E-state index is 0.0935. The standard InChI is InChI=1S/C17H11N3O/c18-11-13-8-9-15(20-17(13)21)16-14(7-4-10-19-16)12-5-2-1-3-6-12/h1-10H,(H,20,21). The summed E-state index contributed by atoms with van der Waals surface area (Å²) in [7, 11) is 0. The maximum atomic E-state index is 11.8. The molecule has 0 unspecified atom stereocenters. The molecule has 1 aromatic carbocycles. The summed E-state index contributed by atoms with van der Waals surface area (Å²) < 4.78 is 0. The van der Waals surface area contributed by atoms with E-state index >= 15 is 0 Å². The number of aromatic amines is 1. The quantitative estimate of drug-likeness (QED) is 0.780. The molecule has 0 saturated heterocycles. The highest BCUT2D eigenvalue weighted by Gasteiger charge is 2.10. The van der Waals surface area contributed by atoms with Crippen LogP contribution in [0.4, 0.5) is 0 Å². The molecule has 1 N–H and O–H groups in total. The minimum atomic E-state index is -0.403. The highest BCUT2D eigenvalue weighted by atomic mass is 16.1. The lowest BCUT2D eigenvalue weighted by Gasteiger charge is -2.08. The molecule has 0 amide bonds. The molecular formula is C17H11N3O. The van der Waals surface area contributed by atoms with Crippen LogP contribution in [0.25, 0.3) is 22.5 Å². The average Bonchev–Trinajstić information content (AvgIpc) is 2.55. The highest BCUT2D eigenvalue weighted by Crippen LogP contribution is 2.28. The maximum absolute atomic E-state index is 11.8. The Hall–Kier alpha value is -3.19. The molecule has 0 bridgehead atoms. The summed E-state index contributed by atoms with van der Waals surface area (Å²) in [5, 5.41) is 8.83. The summed E-state index contributed by atoms with van der Waals surface area (Å²) in [6, 6.07) is 18.7. The third-order valence-electron chi connectivity index (χ3n) is 3.18. The first-order valence-electron chi connectivity index (χ1n) is 6.44. The van der Waals surface area contributed by atoms with Crippen molar-refractivity contribution in [2.75, 3.05) is 0 Å². The zero-order chi connectivity index (χ0) is 14.7. The Morgan fingerprint density at radius 3 is 2.52 bits per heavy atom. The molecule has 0 aliphatic carbocycles. The van der Waals surface area contributed by atoms with Crippen LogP contribution in [-0.4, -0.2) is 9.97 Å². The summed E-state index contributed by atoms with van der Waals surface area (Å²) in [6.07, 6.45) is 1.68. The fourth-order valence-electron chi connectivity index (χ4n) is 2.17.